The molecule has 2 aromatic carbocycles. The molecule has 6 heteroatoms. The largest absolute Gasteiger partial charge is 0.462 e. The van der Waals surface area contributed by atoms with E-state index in [1.54, 1.807) is 24.8 Å². The number of nitrogens with zero attached hydrogens (tertiary/aromatic N) is 2. The predicted molar refractivity (Wildman–Crippen MR) is 134 cm³/mol. The Morgan fingerprint density at radius 3 is 2.30 bits per heavy atom. The van der Waals surface area contributed by atoms with Crippen LogP contribution in [0.4, 0.5) is 5.69 Å². The highest BCUT2D eigenvalue weighted by Crippen LogP contribution is 2.36. The van der Waals surface area contributed by atoms with Gasteiger partial charge in [-0.1, -0.05) is 34.1 Å². The first-order chi connectivity index (χ1) is 15.8. The van der Waals surface area contributed by atoms with Crippen molar-refractivity contribution in [2.45, 2.75) is 27.7 Å². The molecular weight excluding hydrogens is 480 g/mol. The number of rotatable bonds is 5. The maximum Gasteiger partial charge on any atom is 0.340 e. The van der Waals surface area contributed by atoms with Gasteiger partial charge in [-0.25, -0.2) is 4.79 Å². The summed E-state index contributed by atoms with van der Waals surface area (Å²) in [7, 11) is 0. The number of allylic oxidation sites excluding steroid dienone is 1. The molecule has 0 saturated carbocycles. The average molecular weight is 505 g/mol. The number of carbonyl (C=O) groups is 2. The second-order valence-electron chi connectivity index (χ2n) is 7.85. The van der Waals surface area contributed by atoms with Gasteiger partial charge in [0.2, 0.25) is 0 Å². The van der Waals surface area contributed by atoms with Crippen LogP contribution in [0, 0.1) is 13.8 Å². The molecule has 0 radical (unpaired) electrons. The molecule has 0 atom stereocenters. The molecule has 1 aromatic heterocycles. The van der Waals surface area contributed by atoms with Crippen LogP contribution in [-0.4, -0.2) is 23.1 Å². The molecular formula is C27H25BrN2O3. The normalized spacial score (nSPS) is 15.0. The minimum Gasteiger partial charge on any atom is -0.462 e. The van der Waals surface area contributed by atoms with E-state index in [2.05, 4.69) is 20.5 Å². The molecule has 1 aliphatic rings. The zero-order valence-electron chi connectivity index (χ0n) is 19.1. The van der Waals surface area contributed by atoms with E-state index in [9.17, 15) is 9.59 Å². The molecule has 4 rings (SSSR count). The van der Waals surface area contributed by atoms with Crippen LogP contribution in [-0.2, 0) is 14.3 Å². The van der Waals surface area contributed by atoms with Gasteiger partial charge in [0.05, 0.1) is 17.8 Å². The summed E-state index contributed by atoms with van der Waals surface area (Å²) >= 11 is 3.48. The molecule has 0 saturated heterocycles. The first kappa shape index (κ1) is 22.8. The molecule has 5 nitrogen and oxygen atoms in total. The van der Waals surface area contributed by atoms with Gasteiger partial charge in [-0.2, -0.15) is 0 Å². The Balaban J connectivity index is 1.84. The van der Waals surface area contributed by atoms with E-state index in [0.29, 0.717) is 22.5 Å². The van der Waals surface area contributed by atoms with Gasteiger partial charge >= 0.3 is 5.97 Å². The molecule has 168 valence electrons. The maximum absolute atomic E-state index is 13.5. The van der Waals surface area contributed by atoms with Gasteiger partial charge in [0.25, 0.3) is 5.91 Å². The molecule has 1 amide bonds. The lowest BCUT2D eigenvalue weighted by Crippen LogP contribution is -2.24. The third kappa shape index (κ3) is 4.18. The van der Waals surface area contributed by atoms with Crippen LogP contribution in [0.15, 0.2) is 82.0 Å². The molecule has 0 aliphatic carbocycles. The van der Waals surface area contributed by atoms with Gasteiger partial charge < -0.3 is 9.30 Å². The highest BCUT2D eigenvalue weighted by molar-refractivity contribution is 9.10. The Morgan fingerprint density at radius 2 is 1.67 bits per heavy atom. The van der Waals surface area contributed by atoms with Crippen LogP contribution < -0.4 is 4.90 Å². The summed E-state index contributed by atoms with van der Waals surface area (Å²) in [4.78, 5) is 28.0. The van der Waals surface area contributed by atoms with Crippen molar-refractivity contribution in [3.8, 4) is 5.69 Å². The van der Waals surface area contributed by atoms with Crippen molar-refractivity contribution in [1.29, 1.82) is 0 Å². The van der Waals surface area contributed by atoms with E-state index in [-0.39, 0.29) is 12.5 Å². The zero-order chi connectivity index (χ0) is 23.7. The Hall–Kier alpha value is -3.38. The van der Waals surface area contributed by atoms with Gasteiger partial charge in [0, 0.05) is 32.9 Å². The Morgan fingerprint density at radius 1 is 1.00 bits per heavy atom. The van der Waals surface area contributed by atoms with Crippen LogP contribution in [0.5, 0.6) is 0 Å². The lowest BCUT2D eigenvalue weighted by atomic mass is 10.0. The Bertz CT molecular complexity index is 1280. The van der Waals surface area contributed by atoms with E-state index >= 15 is 0 Å². The molecule has 0 unspecified atom stereocenters. The smallest absolute Gasteiger partial charge is 0.340 e. The van der Waals surface area contributed by atoms with Gasteiger partial charge in [0.15, 0.2) is 0 Å². The van der Waals surface area contributed by atoms with Gasteiger partial charge in [0.1, 0.15) is 0 Å². The number of aromatic nitrogens is 1. The first-order valence-corrected chi connectivity index (χ1v) is 11.6. The van der Waals surface area contributed by atoms with E-state index in [0.717, 1.165) is 27.1 Å². The number of anilines is 1. The highest BCUT2D eigenvalue weighted by Gasteiger charge is 2.38. The number of benzene rings is 2. The summed E-state index contributed by atoms with van der Waals surface area (Å²) in [5.41, 5.74) is 5.84. The van der Waals surface area contributed by atoms with E-state index in [1.165, 1.54) is 0 Å². The summed E-state index contributed by atoms with van der Waals surface area (Å²) in [6.45, 7) is 7.81. The summed E-state index contributed by atoms with van der Waals surface area (Å²) in [6, 6.07) is 19.4. The molecule has 3 aromatic rings. The second-order valence-corrected chi connectivity index (χ2v) is 8.77. The number of halogens is 1. The standard InChI is InChI=1S/C27H25BrN2O3/c1-5-33-27(32)25-19(4)30(22-9-7-6-8-10-22)26(31)24(25)16-20-15-17(2)29(18(20)3)23-13-11-21(28)12-14-23/h6-16H,5H2,1-4H3/b24-16-. The van der Waals surface area contributed by atoms with Crippen LogP contribution >= 0.6 is 15.9 Å². The van der Waals surface area contributed by atoms with Crippen LogP contribution in [0.1, 0.15) is 30.8 Å². The number of aryl methyl sites for hydroxylation is 1. The number of hydrogen-bond acceptors (Lipinski definition) is 3. The number of carbonyl (C=O) groups excluding carboxylic acids is 2. The lowest BCUT2D eigenvalue weighted by molar-refractivity contribution is -0.138. The van der Waals surface area contributed by atoms with Crippen molar-refractivity contribution < 1.29 is 14.3 Å². The maximum atomic E-state index is 13.5. The van der Waals surface area contributed by atoms with Crippen molar-refractivity contribution in [2.75, 3.05) is 11.5 Å². The van der Waals surface area contributed by atoms with Crippen LogP contribution in [0.2, 0.25) is 0 Å². The van der Waals surface area contributed by atoms with Crippen molar-refractivity contribution in [3.63, 3.8) is 0 Å². The zero-order valence-corrected chi connectivity index (χ0v) is 20.6. The molecule has 0 N–H and O–H groups in total. The molecule has 2 heterocycles. The average Bonchev–Trinajstić information content (AvgIpc) is 3.21. The van der Waals surface area contributed by atoms with E-state index < -0.39 is 5.97 Å². The fraction of sp³-hybridized carbons (Fsp3) is 0.185. The summed E-state index contributed by atoms with van der Waals surface area (Å²) in [6.07, 6.45) is 1.80. The summed E-state index contributed by atoms with van der Waals surface area (Å²) in [5, 5.41) is 0. The van der Waals surface area contributed by atoms with Gasteiger partial charge in [-0.05, 0) is 81.8 Å². The molecule has 0 bridgehead atoms. The topological polar surface area (TPSA) is 51.5 Å². The van der Waals surface area contributed by atoms with Crippen molar-refractivity contribution >= 4 is 39.6 Å². The van der Waals surface area contributed by atoms with E-state index in [4.69, 9.17) is 4.74 Å². The highest BCUT2D eigenvalue weighted by atomic mass is 79.9. The third-order valence-corrected chi connectivity index (χ3v) is 6.28. The minimum absolute atomic E-state index is 0.237. The quantitative estimate of drug-likeness (QED) is 0.310. The number of hydrogen-bond donors (Lipinski definition) is 0. The Kier molecular flexibility index (Phi) is 6.38. The summed E-state index contributed by atoms with van der Waals surface area (Å²) in [5.74, 6) is -0.732. The lowest BCUT2D eigenvalue weighted by Gasteiger charge is -2.17. The van der Waals surface area contributed by atoms with Crippen molar-refractivity contribution in [3.05, 3.63) is 98.9 Å². The van der Waals surface area contributed by atoms with Crippen LogP contribution in [0.25, 0.3) is 11.8 Å². The fourth-order valence-corrected chi connectivity index (χ4v) is 4.51. The minimum atomic E-state index is -0.491. The predicted octanol–water partition coefficient (Wildman–Crippen LogP) is 6.12. The van der Waals surface area contributed by atoms with Crippen LogP contribution in [0.3, 0.4) is 0 Å². The number of ether oxygens (including phenoxy) is 1. The number of amides is 1. The SMILES string of the molecule is CCOC(=O)C1=C(C)N(c2ccccc2)C(=O)/C1=C\c1cc(C)n(-c2ccc(Br)cc2)c1C. The van der Waals surface area contributed by atoms with Gasteiger partial charge in [-0.3, -0.25) is 9.69 Å². The Labute approximate surface area is 202 Å². The van der Waals surface area contributed by atoms with Gasteiger partial charge in [-0.15, -0.1) is 0 Å². The second kappa shape index (κ2) is 9.24. The third-order valence-electron chi connectivity index (χ3n) is 5.75. The molecule has 0 fully saturated rings. The number of esters is 1. The first-order valence-electron chi connectivity index (χ1n) is 10.8. The summed E-state index contributed by atoms with van der Waals surface area (Å²) < 4.78 is 8.45. The van der Waals surface area contributed by atoms with Crippen molar-refractivity contribution in [2.24, 2.45) is 0 Å². The molecule has 33 heavy (non-hydrogen) atoms. The van der Waals surface area contributed by atoms with E-state index in [1.807, 2.05) is 74.5 Å². The fourth-order valence-electron chi connectivity index (χ4n) is 4.25. The molecule has 0 spiro atoms. The monoisotopic (exact) mass is 504 g/mol. The van der Waals surface area contributed by atoms with Crippen molar-refractivity contribution in [1.82, 2.24) is 4.57 Å². The number of para-hydroxylation sites is 1. The molecule has 1 aliphatic heterocycles.